The van der Waals surface area contributed by atoms with Gasteiger partial charge in [-0.25, -0.2) is 17.5 Å². The molecule has 0 amide bonds. The third-order valence-corrected chi connectivity index (χ3v) is 3.85. The average Bonchev–Trinajstić information content (AvgIpc) is 2.28. The van der Waals surface area contributed by atoms with E-state index in [1.54, 1.807) is 6.07 Å². The van der Waals surface area contributed by atoms with Crippen molar-refractivity contribution in [2.24, 2.45) is 0 Å². The first-order valence-corrected chi connectivity index (χ1v) is 6.48. The van der Waals surface area contributed by atoms with Crippen molar-refractivity contribution in [1.29, 1.82) is 5.26 Å². The molecule has 1 aromatic carbocycles. The first kappa shape index (κ1) is 14.3. The standard InChI is InChI=1S/C11H11FN2O3S/c1-7(8(2)15)14-18(16,17)10-3-4-11(12)9(5-10)6-13/h3-5,7,14H,1-2H3. The Morgan fingerprint density at radius 2 is 2.11 bits per heavy atom. The summed E-state index contributed by atoms with van der Waals surface area (Å²) in [5, 5.41) is 8.62. The van der Waals surface area contributed by atoms with Crippen molar-refractivity contribution in [2.75, 3.05) is 0 Å². The van der Waals surface area contributed by atoms with Crippen molar-refractivity contribution in [3.05, 3.63) is 29.6 Å². The lowest BCUT2D eigenvalue weighted by atomic mass is 10.2. The Balaban J connectivity index is 3.14. The summed E-state index contributed by atoms with van der Waals surface area (Å²) >= 11 is 0. The van der Waals surface area contributed by atoms with Gasteiger partial charge in [-0.05, 0) is 32.0 Å². The first-order valence-electron chi connectivity index (χ1n) is 5.00. The van der Waals surface area contributed by atoms with Crippen molar-refractivity contribution in [2.45, 2.75) is 24.8 Å². The summed E-state index contributed by atoms with van der Waals surface area (Å²) in [7, 11) is -3.94. The van der Waals surface area contributed by atoms with Gasteiger partial charge in [0.25, 0.3) is 0 Å². The molecular weight excluding hydrogens is 259 g/mol. The van der Waals surface area contributed by atoms with Gasteiger partial charge in [-0.3, -0.25) is 4.79 Å². The van der Waals surface area contributed by atoms with E-state index in [9.17, 15) is 17.6 Å². The summed E-state index contributed by atoms with van der Waals surface area (Å²) in [6.07, 6.45) is 0. The molecule has 0 saturated carbocycles. The quantitative estimate of drug-likeness (QED) is 0.882. The number of carbonyl (C=O) groups excluding carboxylic acids is 1. The van der Waals surface area contributed by atoms with Crippen molar-refractivity contribution in [3.8, 4) is 6.07 Å². The van der Waals surface area contributed by atoms with Gasteiger partial charge in [0.1, 0.15) is 17.7 Å². The Labute approximate surface area is 104 Å². The molecule has 18 heavy (non-hydrogen) atoms. The van der Waals surface area contributed by atoms with Gasteiger partial charge in [0.05, 0.1) is 16.5 Å². The SMILES string of the molecule is CC(=O)C(C)NS(=O)(=O)c1ccc(F)c(C#N)c1. The van der Waals surface area contributed by atoms with Crippen LogP contribution >= 0.6 is 0 Å². The Morgan fingerprint density at radius 3 is 2.61 bits per heavy atom. The maximum Gasteiger partial charge on any atom is 0.241 e. The highest BCUT2D eigenvalue weighted by Crippen LogP contribution is 2.14. The van der Waals surface area contributed by atoms with Gasteiger partial charge in [-0.2, -0.15) is 5.26 Å². The molecule has 0 heterocycles. The third-order valence-electron chi connectivity index (χ3n) is 2.31. The zero-order valence-electron chi connectivity index (χ0n) is 9.77. The minimum atomic E-state index is -3.94. The van der Waals surface area contributed by atoms with Crippen LogP contribution in [0.15, 0.2) is 23.1 Å². The summed E-state index contributed by atoms with van der Waals surface area (Å²) < 4.78 is 38.9. The predicted octanol–water partition coefficient (Wildman–Crippen LogP) is 0.953. The van der Waals surface area contributed by atoms with Crippen LogP contribution < -0.4 is 4.72 Å². The van der Waals surface area contributed by atoms with Gasteiger partial charge >= 0.3 is 0 Å². The van der Waals surface area contributed by atoms with Gasteiger partial charge in [-0.1, -0.05) is 0 Å². The maximum absolute atomic E-state index is 13.1. The minimum absolute atomic E-state index is 0.256. The number of Topliss-reactive ketones (excluding diaryl/α,β-unsaturated/α-hetero) is 1. The largest absolute Gasteiger partial charge is 0.298 e. The molecule has 0 aliphatic heterocycles. The highest BCUT2D eigenvalue weighted by Gasteiger charge is 2.20. The van der Waals surface area contributed by atoms with E-state index in [1.165, 1.54) is 13.8 Å². The van der Waals surface area contributed by atoms with Crippen LogP contribution in [0.2, 0.25) is 0 Å². The van der Waals surface area contributed by atoms with Crippen molar-refractivity contribution < 1.29 is 17.6 Å². The van der Waals surface area contributed by atoms with Gasteiger partial charge < -0.3 is 0 Å². The predicted molar refractivity (Wildman–Crippen MR) is 61.6 cm³/mol. The Kier molecular flexibility index (Phi) is 4.16. The summed E-state index contributed by atoms with van der Waals surface area (Å²) in [4.78, 5) is 10.7. The number of halogens is 1. The van der Waals surface area contributed by atoms with Crippen LogP contribution in [-0.4, -0.2) is 20.2 Å². The molecule has 1 unspecified atom stereocenters. The number of benzene rings is 1. The molecule has 1 N–H and O–H groups in total. The summed E-state index contributed by atoms with van der Waals surface area (Å²) in [6, 6.07) is 3.51. The van der Waals surface area contributed by atoms with E-state index in [2.05, 4.69) is 4.72 Å². The van der Waals surface area contributed by atoms with Gasteiger partial charge in [0, 0.05) is 0 Å². The number of carbonyl (C=O) groups is 1. The molecule has 0 radical (unpaired) electrons. The second-order valence-electron chi connectivity index (χ2n) is 3.71. The second-order valence-corrected chi connectivity index (χ2v) is 5.42. The third kappa shape index (κ3) is 3.12. The molecular formula is C11H11FN2O3S. The Hall–Kier alpha value is -1.78. The van der Waals surface area contributed by atoms with E-state index in [4.69, 9.17) is 5.26 Å². The van der Waals surface area contributed by atoms with Crippen LogP contribution in [0, 0.1) is 17.1 Å². The zero-order chi connectivity index (χ0) is 13.9. The number of sulfonamides is 1. The number of rotatable bonds is 4. The molecule has 7 heteroatoms. The number of ketones is 1. The molecule has 0 aliphatic rings. The lowest BCUT2D eigenvalue weighted by molar-refractivity contribution is -0.118. The van der Waals surface area contributed by atoms with E-state index in [0.29, 0.717) is 0 Å². The van der Waals surface area contributed by atoms with Crippen LogP contribution in [0.1, 0.15) is 19.4 Å². The molecule has 0 saturated heterocycles. The normalized spacial score (nSPS) is 12.8. The molecule has 0 spiro atoms. The van der Waals surface area contributed by atoms with Crippen LogP contribution in [0.25, 0.3) is 0 Å². The summed E-state index contributed by atoms with van der Waals surface area (Å²) in [6.45, 7) is 2.65. The smallest absolute Gasteiger partial charge is 0.241 e. The summed E-state index contributed by atoms with van der Waals surface area (Å²) in [5.74, 6) is -1.14. The second kappa shape index (κ2) is 5.25. The monoisotopic (exact) mass is 270 g/mol. The molecule has 0 aliphatic carbocycles. The number of nitrogens with zero attached hydrogens (tertiary/aromatic N) is 1. The maximum atomic E-state index is 13.1. The Morgan fingerprint density at radius 1 is 1.50 bits per heavy atom. The fraction of sp³-hybridized carbons (Fsp3) is 0.273. The van der Waals surface area contributed by atoms with Crippen molar-refractivity contribution >= 4 is 15.8 Å². The van der Waals surface area contributed by atoms with Gasteiger partial charge in [0.2, 0.25) is 10.0 Å². The van der Waals surface area contributed by atoms with E-state index >= 15 is 0 Å². The Bertz CT molecular complexity index is 620. The molecule has 5 nitrogen and oxygen atoms in total. The number of nitriles is 1. The average molecular weight is 270 g/mol. The molecule has 0 aromatic heterocycles. The van der Waals surface area contributed by atoms with E-state index in [0.717, 1.165) is 18.2 Å². The molecule has 1 atom stereocenters. The molecule has 0 bridgehead atoms. The highest BCUT2D eigenvalue weighted by molar-refractivity contribution is 7.89. The lowest BCUT2D eigenvalue weighted by Crippen LogP contribution is -2.37. The van der Waals surface area contributed by atoms with Crippen LogP contribution in [0.5, 0.6) is 0 Å². The fourth-order valence-corrected chi connectivity index (χ4v) is 2.43. The van der Waals surface area contributed by atoms with Gasteiger partial charge in [-0.15, -0.1) is 0 Å². The molecule has 1 aromatic rings. The van der Waals surface area contributed by atoms with Crippen LogP contribution in [0.3, 0.4) is 0 Å². The minimum Gasteiger partial charge on any atom is -0.298 e. The van der Waals surface area contributed by atoms with Crippen molar-refractivity contribution in [3.63, 3.8) is 0 Å². The molecule has 96 valence electrons. The number of hydrogen-bond acceptors (Lipinski definition) is 4. The number of nitrogens with one attached hydrogen (secondary N) is 1. The highest BCUT2D eigenvalue weighted by atomic mass is 32.2. The topological polar surface area (TPSA) is 87.0 Å². The van der Waals surface area contributed by atoms with Crippen LogP contribution in [0.4, 0.5) is 4.39 Å². The molecule has 0 fully saturated rings. The fourth-order valence-electron chi connectivity index (χ4n) is 1.14. The first-order chi connectivity index (χ1) is 8.27. The van der Waals surface area contributed by atoms with Crippen LogP contribution in [-0.2, 0) is 14.8 Å². The summed E-state index contributed by atoms with van der Waals surface area (Å²) in [5.41, 5.74) is -0.367. The lowest BCUT2D eigenvalue weighted by Gasteiger charge is -2.11. The van der Waals surface area contributed by atoms with E-state index < -0.39 is 21.9 Å². The van der Waals surface area contributed by atoms with Crippen molar-refractivity contribution in [1.82, 2.24) is 4.72 Å². The zero-order valence-corrected chi connectivity index (χ0v) is 10.6. The van der Waals surface area contributed by atoms with Gasteiger partial charge in [0.15, 0.2) is 0 Å². The van der Waals surface area contributed by atoms with E-state index in [1.807, 2.05) is 0 Å². The van der Waals surface area contributed by atoms with E-state index in [-0.39, 0.29) is 16.2 Å². The number of hydrogen-bond donors (Lipinski definition) is 1. The molecule has 1 rings (SSSR count).